The van der Waals surface area contributed by atoms with E-state index in [1.807, 2.05) is 7.05 Å². The molecule has 0 aromatic heterocycles. The molecule has 0 unspecified atom stereocenters. The maximum Gasteiger partial charge on any atom is 0.193 e. The molecule has 1 aromatic rings. The van der Waals surface area contributed by atoms with E-state index >= 15 is 0 Å². The van der Waals surface area contributed by atoms with Gasteiger partial charge >= 0.3 is 0 Å². The predicted octanol–water partition coefficient (Wildman–Crippen LogP) is 3.38. The van der Waals surface area contributed by atoms with E-state index in [2.05, 4.69) is 39.2 Å². The Labute approximate surface area is 193 Å². The molecule has 1 saturated heterocycles. The predicted molar refractivity (Wildman–Crippen MR) is 130 cm³/mol. The molecule has 0 saturated carbocycles. The zero-order chi connectivity index (χ0) is 19.9. The number of halogens is 1. The molecule has 29 heavy (non-hydrogen) atoms. The van der Waals surface area contributed by atoms with Gasteiger partial charge in [-0.3, -0.25) is 4.99 Å². The molecule has 0 aliphatic carbocycles. The van der Waals surface area contributed by atoms with E-state index in [1.165, 1.54) is 43.6 Å². The van der Waals surface area contributed by atoms with Crippen LogP contribution in [-0.4, -0.2) is 69.8 Å². The number of likely N-dealkylation sites (tertiary alicyclic amines) is 1. The molecule has 0 bridgehead atoms. The monoisotopic (exact) mass is 516 g/mol. The van der Waals surface area contributed by atoms with Gasteiger partial charge in [0, 0.05) is 26.7 Å². The van der Waals surface area contributed by atoms with Crippen LogP contribution in [0.5, 0.6) is 11.5 Å². The number of fused-ring (bicyclic) bond motifs is 1. The van der Waals surface area contributed by atoms with Crippen molar-refractivity contribution in [3.63, 3.8) is 0 Å². The highest BCUT2D eigenvalue weighted by Gasteiger charge is 2.21. The lowest BCUT2D eigenvalue weighted by molar-refractivity contribution is 0.191. The fourth-order valence-electron chi connectivity index (χ4n) is 4.18. The van der Waals surface area contributed by atoms with Gasteiger partial charge in [0.05, 0.1) is 14.2 Å². The molecule has 164 valence electrons. The first-order valence-corrected chi connectivity index (χ1v) is 10.6. The Bertz CT molecular complexity index is 675. The van der Waals surface area contributed by atoms with Crippen molar-refractivity contribution in [1.82, 2.24) is 15.1 Å². The Morgan fingerprint density at radius 2 is 1.76 bits per heavy atom. The maximum absolute atomic E-state index is 5.47. The van der Waals surface area contributed by atoms with Crippen molar-refractivity contribution in [2.75, 3.05) is 54.0 Å². The van der Waals surface area contributed by atoms with Crippen molar-refractivity contribution in [2.45, 2.75) is 39.2 Å². The number of piperidine rings is 1. The molecule has 7 heteroatoms. The van der Waals surface area contributed by atoms with Crippen LogP contribution in [0.25, 0.3) is 0 Å². The summed E-state index contributed by atoms with van der Waals surface area (Å²) < 4.78 is 10.9. The summed E-state index contributed by atoms with van der Waals surface area (Å²) in [6, 6.07) is 4.21. The molecule has 2 aliphatic rings. The normalized spacial score (nSPS) is 18.1. The van der Waals surface area contributed by atoms with Crippen LogP contribution in [0.4, 0.5) is 0 Å². The zero-order valence-electron chi connectivity index (χ0n) is 18.4. The van der Waals surface area contributed by atoms with Crippen LogP contribution < -0.4 is 14.8 Å². The Kier molecular flexibility index (Phi) is 9.82. The molecule has 2 heterocycles. The van der Waals surface area contributed by atoms with Gasteiger partial charge < -0.3 is 24.6 Å². The van der Waals surface area contributed by atoms with Crippen LogP contribution in [0.1, 0.15) is 37.3 Å². The van der Waals surface area contributed by atoms with Crippen LogP contribution in [0.15, 0.2) is 17.1 Å². The number of aliphatic imine (C=N–C) groups is 1. The molecule has 6 nitrogen and oxygen atoms in total. The summed E-state index contributed by atoms with van der Waals surface area (Å²) in [5, 5.41) is 3.56. The first-order chi connectivity index (χ1) is 13.6. The number of methoxy groups -OCH3 is 2. The number of benzene rings is 1. The molecule has 2 aliphatic heterocycles. The van der Waals surface area contributed by atoms with E-state index in [4.69, 9.17) is 9.47 Å². The SMILES string of the molecule is CN=C(NCCCN1CCC(C)CC1)N1CCc2cc(OC)c(OC)cc2C1.I. The average molecular weight is 516 g/mol. The quantitative estimate of drug-likeness (QED) is 0.272. The largest absolute Gasteiger partial charge is 0.493 e. The topological polar surface area (TPSA) is 49.3 Å². The third-order valence-corrected chi connectivity index (χ3v) is 6.04. The Hall–Kier alpha value is -1.22. The highest BCUT2D eigenvalue weighted by molar-refractivity contribution is 14.0. The van der Waals surface area contributed by atoms with Gasteiger partial charge in [0.1, 0.15) is 0 Å². The van der Waals surface area contributed by atoms with E-state index in [0.29, 0.717) is 0 Å². The van der Waals surface area contributed by atoms with Crippen LogP contribution >= 0.6 is 24.0 Å². The molecule has 1 aromatic carbocycles. The number of guanidine groups is 1. The van der Waals surface area contributed by atoms with Crippen LogP contribution in [0.2, 0.25) is 0 Å². The standard InChI is InChI=1S/C22H36N4O2.HI/c1-17-6-11-25(12-7-17)10-5-9-24-22(23-2)26-13-8-18-14-20(27-3)21(28-4)15-19(18)16-26;/h14-15,17H,5-13,16H2,1-4H3,(H,23,24);1H. The van der Waals surface area contributed by atoms with E-state index in [1.54, 1.807) is 14.2 Å². The fourth-order valence-corrected chi connectivity index (χ4v) is 4.18. The number of ether oxygens (including phenoxy) is 2. The smallest absolute Gasteiger partial charge is 0.193 e. The van der Waals surface area contributed by atoms with Crippen molar-refractivity contribution >= 4 is 29.9 Å². The van der Waals surface area contributed by atoms with Gasteiger partial charge in [0.15, 0.2) is 17.5 Å². The van der Waals surface area contributed by atoms with Crippen LogP contribution in [0.3, 0.4) is 0 Å². The summed E-state index contributed by atoms with van der Waals surface area (Å²) in [6.07, 6.45) is 4.83. The van der Waals surface area contributed by atoms with Gasteiger partial charge in [-0.05, 0) is 74.5 Å². The number of nitrogens with zero attached hydrogens (tertiary/aromatic N) is 3. The summed E-state index contributed by atoms with van der Waals surface area (Å²) in [6.45, 7) is 8.83. The average Bonchev–Trinajstić information content (AvgIpc) is 2.73. The van der Waals surface area contributed by atoms with Crippen molar-refractivity contribution in [2.24, 2.45) is 10.9 Å². The Morgan fingerprint density at radius 3 is 2.38 bits per heavy atom. The summed E-state index contributed by atoms with van der Waals surface area (Å²) in [5.74, 6) is 3.49. The second-order valence-electron chi connectivity index (χ2n) is 8.00. The van der Waals surface area contributed by atoms with Gasteiger partial charge in [0.25, 0.3) is 0 Å². The minimum Gasteiger partial charge on any atom is -0.493 e. The van der Waals surface area contributed by atoms with Gasteiger partial charge in [-0.1, -0.05) is 6.92 Å². The minimum atomic E-state index is 0. The number of rotatable bonds is 6. The lowest BCUT2D eigenvalue weighted by atomic mass is 9.99. The third-order valence-electron chi connectivity index (χ3n) is 6.04. The van der Waals surface area contributed by atoms with Crippen molar-refractivity contribution in [3.8, 4) is 11.5 Å². The molecule has 1 N–H and O–H groups in total. The molecule has 3 rings (SSSR count). The fraction of sp³-hybridized carbons (Fsp3) is 0.682. The van der Waals surface area contributed by atoms with Crippen LogP contribution in [-0.2, 0) is 13.0 Å². The lowest BCUT2D eigenvalue weighted by Crippen LogP contribution is -2.44. The summed E-state index contributed by atoms with van der Waals surface area (Å²) in [7, 11) is 5.25. The molecule has 0 atom stereocenters. The first kappa shape index (κ1) is 24.1. The van der Waals surface area contributed by atoms with Gasteiger partial charge in [-0.2, -0.15) is 0 Å². The van der Waals surface area contributed by atoms with E-state index in [9.17, 15) is 0 Å². The first-order valence-electron chi connectivity index (χ1n) is 10.6. The van der Waals surface area contributed by atoms with E-state index < -0.39 is 0 Å². The van der Waals surface area contributed by atoms with Crippen molar-refractivity contribution < 1.29 is 9.47 Å². The highest BCUT2D eigenvalue weighted by atomic mass is 127. The summed E-state index contributed by atoms with van der Waals surface area (Å²) in [4.78, 5) is 9.45. The number of nitrogens with one attached hydrogen (secondary N) is 1. The second-order valence-corrected chi connectivity index (χ2v) is 8.00. The molecule has 0 radical (unpaired) electrons. The van der Waals surface area contributed by atoms with Gasteiger partial charge in [-0.15, -0.1) is 24.0 Å². The number of hydrogen-bond acceptors (Lipinski definition) is 4. The lowest BCUT2D eigenvalue weighted by Gasteiger charge is -2.33. The maximum atomic E-state index is 5.47. The van der Waals surface area contributed by atoms with E-state index in [0.717, 1.165) is 55.9 Å². The van der Waals surface area contributed by atoms with Crippen LogP contribution in [0, 0.1) is 5.92 Å². The third kappa shape index (κ3) is 6.38. The minimum absolute atomic E-state index is 0. The van der Waals surface area contributed by atoms with Gasteiger partial charge in [0.2, 0.25) is 0 Å². The van der Waals surface area contributed by atoms with Crippen molar-refractivity contribution in [3.05, 3.63) is 23.3 Å². The molecule has 0 amide bonds. The number of hydrogen-bond donors (Lipinski definition) is 1. The molecule has 1 fully saturated rings. The highest BCUT2D eigenvalue weighted by Crippen LogP contribution is 2.33. The summed E-state index contributed by atoms with van der Waals surface area (Å²) >= 11 is 0. The molecular formula is C22H37IN4O2. The molecule has 0 spiro atoms. The van der Waals surface area contributed by atoms with Crippen molar-refractivity contribution in [1.29, 1.82) is 0 Å². The zero-order valence-corrected chi connectivity index (χ0v) is 20.7. The van der Waals surface area contributed by atoms with Gasteiger partial charge in [-0.25, -0.2) is 0 Å². The second kappa shape index (κ2) is 11.8. The summed E-state index contributed by atoms with van der Waals surface area (Å²) in [5.41, 5.74) is 2.62. The Balaban J connectivity index is 0.00000300. The Morgan fingerprint density at radius 1 is 1.10 bits per heavy atom. The van der Waals surface area contributed by atoms with E-state index in [-0.39, 0.29) is 24.0 Å². The molecular weight excluding hydrogens is 479 g/mol.